The van der Waals surface area contributed by atoms with Crippen LogP contribution in [-0.2, 0) is 4.79 Å². The SMILES string of the molecule is C=CC(C)(C)N1C(=O)[C@@H](C[C@@H]2CC[C@H]3[C@](C)(CC[C@H](O)C(C)(C)O)[C@@H](O)CC[C@]3(C)C2=C)c2ccccc21. The summed E-state index contributed by atoms with van der Waals surface area (Å²) in [6.45, 7) is 20.5. The molecule has 2 fully saturated rings. The van der Waals surface area contributed by atoms with Gasteiger partial charge in [0.25, 0.3) is 0 Å². The minimum absolute atomic E-state index is 0.140. The standard InChI is InChI=1S/C33H49NO4/c1-9-30(3,4)34-25-13-11-10-12-23(25)24(29(34)37)20-22-14-15-26-32(7,21(22)2)18-17-28(36)33(26,8)19-16-27(35)31(5,6)38/h9-13,22,24,26-28,35-36,38H,1-2,14-20H2,3-8H3/t22-,24-,26+,27-,28-,32+,33-/m0/s1. The molecule has 0 bridgehead atoms. The van der Waals surface area contributed by atoms with Crippen LogP contribution in [0.4, 0.5) is 5.69 Å². The molecule has 0 aromatic heterocycles. The monoisotopic (exact) mass is 523 g/mol. The van der Waals surface area contributed by atoms with Gasteiger partial charge in [-0.05, 0) is 107 Å². The molecule has 1 aromatic rings. The number of fused-ring (bicyclic) bond motifs is 2. The van der Waals surface area contributed by atoms with Crippen molar-refractivity contribution in [3.63, 3.8) is 0 Å². The van der Waals surface area contributed by atoms with Gasteiger partial charge >= 0.3 is 0 Å². The molecule has 4 rings (SSSR count). The summed E-state index contributed by atoms with van der Waals surface area (Å²) in [5.41, 5.74) is 1.14. The van der Waals surface area contributed by atoms with Gasteiger partial charge in [-0.2, -0.15) is 0 Å². The molecule has 7 atom stereocenters. The quantitative estimate of drug-likeness (QED) is 0.358. The van der Waals surface area contributed by atoms with Gasteiger partial charge in [0.05, 0.1) is 29.3 Å². The number of carbonyl (C=O) groups excluding carboxylic acids is 1. The third-order valence-electron chi connectivity index (χ3n) is 10.7. The summed E-state index contributed by atoms with van der Waals surface area (Å²) in [4.78, 5) is 15.8. The average Bonchev–Trinajstić information content (AvgIpc) is 3.14. The summed E-state index contributed by atoms with van der Waals surface area (Å²) in [7, 11) is 0. The minimum Gasteiger partial charge on any atom is -0.393 e. The molecule has 5 heteroatoms. The van der Waals surface area contributed by atoms with Crippen LogP contribution < -0.4 is 4.90 Å². The van der Waals surface area contributed by atoms with Crippen molar-refractivity contribution in [2.24, 2.45) is 22.7 Å². The lowest BCUT2D eigenvalue weighted by Gasteiger charge is -2.59. The number of nitrogens with zero attached hydrogens (tertiary/aromatic N) is 1. The van der Waals surface area contributed by atoms with Gasteiger partial charge in [0.2, 0.25) is 5.91 Å². The van der Waals surface area contributed by atoms with Gasteiger partial charge in [-0.25, -0.2) is 0 Å². The van der Waals surface area contributed by atoms with E-state index in [4.69, 9.17) is 0 Å². The molecule has 0 unspecified atom stereocenters. The summed E-state index contributed by atoms with van der Waals surface area (Å²) in [6, 6.07) is 8.15. The molecule has 2 saturated carbocycles. The van der Waals surface area contributed by atoms with Gasteiger partial charge in [-0.3, -0.25) is 4.79 Å². The Labute approximate surface area is 229 Å². The number of anilines is 1. The van der Waals surface area contributed by atoms with Crippen molar-refractivity contribution >= 4 is 11.6 Å². The largest absolute Gasteiger partial charge is 0.393 e. The number of aliphatic hydroxyl groups is 3. The number of para-hydroxylation sites is 1. The van der Waals surface area contributed by atoms with Crippen LogP contribution in [0.1, 0.15) is 98.0 Å². The Morgan fingerprint density at radius 3 is 2.45 bits per heavy atom. The maximum atomic E-state index is 13.9. The van der Waals surface area contributed by atoms with Crippen LogP contribution in [0.25, 0.3) is 0 Å². The molecule has 3 aliphatic rings. The number of allylic oxidation sites excluding steroid dienone is 1. The van der Waals surface area contributed by atoms with Crippen LogP contribution in [0.15, 0.2) is 49.1 Å². The normalized spacial score (nSPS) is 34.6. The Hall–Kier alpha value is -1.95. The zero-order chi connectivity index (χ0) is 28.3. The zero-order valence-corrected chi connectivity index (χ0v) is 24.3. The van der Waals surface area contributed by atoms with E-state index >= 15 is 0 Å². The van der Waals surface area contributed by atoms with Crippen molar-refractivity contribution in [1.82, 2.24) is 0 Å². The molecule has 38 heavy (non-hydrogen) atoms. The number of hydrogen-bond acceptors (Lipinski definition) is 4. The fraction of sp³-hybridized carbons (Fsp3) is 0.667. The van der Waals surface area contributed by atoms with Crippen LogP contribution in [-0.4, -0.2) is 44.6 Å². The van der Waals surface area contributed by atoms with Crippen LogP contribution in [0, 0.1) is 22.7 Å². The van der Waals surface area contributed by atoms with E-state index in [0.29, 0.717) is 19.3 Å². The molecule has 1 amide bonds. The van der Waals surface area contributed by atoms with Gasteiger partial charge in [0.15, 0.2) is 0 Å². The number of aliphatic hydroxyl groups excluding tert-OH is 2. The second kappa shape index (κ2) is 9.91. The van der Waals surface area contributed by atoms with Gasteiger partial charge < -0.3 is 20.2 Å². The molecule has 0 radical (unpaired) electrons. The molecule has 5 nitrogen and oxygen atoms in total. The van der Waals surface area contributed by atoms with Crippen LogP contribution in [0.5, 0.6) is 0 Å². The van der Waals surface area contributed by atoms with E-state index in [1.54, 1.807) is 13.8 Å². The first-order valence-corrected chi connectivity index (χ1v) is 14.4. The second-order valence-electron chi connectivity index (χ2n) is 13.9. The summed E-state index contributed by atoms with van der Waals surface area (Å²) in [5.74, 6) is 0.404. The lowest BCUT2D eigenvalue weighted by Crippen LogP contribution is -2.55. The fourth-order valence-electron chi connectivity index (χ4n) is 7.93. The van der Waals surface area contributed by atoms with Gasteiger partial charge in [0.1, 0.15) is 0 Å². The van der Waals surface area contributed by atoms with E-state index in [0.717, 1.165) is 36.9 Å². The number of rotatable bonds is 8. The third-order valence-corrected chi connectivity index (χ3v) is 10.7. The topological polar surface area (TPSA) is 81.0 Å². The number of carbonyl (C=O) groups is 1. The van der Waals surface area contributed by atoms with E-state index in [1.807, 2.05) is 43.0 Å². The smallest absolute Gasteiger partial charge is 0.235 e. The maximum Gasteiger partial charge on any atom is 0.235 e. The highest BCUT2D eigenvalue weighted by Gasteiger charge is 2.57. The summed E-state index contributed by atoms with van der Waals surface area (Å²) in [5, 5.41) is 32.0. The van der Waals surface area contributed by atoms with Crippen molar-refractivity contribution in [2.45, 2.75) is 116 Å². The third kappa shape index (κ3) is 4.69. The van der Waals surface area contributed by atoms with Crippen molar-refractivity contribution in [1.29, 1.82) is 0 Å². The lowest BCUT2D eigenvalue weighted by molar-refractivity contribution is -0.126. The molecule has 210 valence electrons. The average molecular weight is 524 g/mol. The van der Waals surface area contributed by atoms with Crippen molar-refractivity contribution in [2.75, 3.05) is 4.90 Å². The van der Waals surface area contributed by atoms with Crippen LogP contribution >= 0.6 is 0 Å². The summed E-state index contributed by atoms with van der Waals surface area (Å²) >= 11 is 0. The molecule has 3 N–H and O–H groups in total. The van der Waals surface area contributed by atoms with Gasteiger partial charge in [-0.15, -0.1) is 6.58 Å². The molecule has 2 aliphatic carbocycles. The van der Waals surface area contributed by atoms with E-state index < -0.39 is 23.3 Å². The van der Waals surface area contributed by atoms with Crippen molar-refractivity contribution in [3.8, 4) is 0 Å². The molecule has 1 heterocycles. The predicted molar refractivity (Wildman–Crippen MR) is 154 cm³/mol. The minimum atomic E-state index is -1.17. The Morgan fingerprint density at radius 1 is 1.16 bits per heavy atom. The maximum absolute atomic E-state index is 13.9. The molecule has 1 aliphatic heterocycles. The number of hydrogen-bond donors (Lipinski definition) is 3. The Bertz CT molecular complexity index is 1090. The molecule has 1 aromatic carbocycles. The molecule has 0 spiro atoms. The van der Waals surface area contributed by atoms with Crippen LogP contribution in [0.2, 0.25) is 0 Å². The lowest BCUT2D eigenvalue weighted by atomic mass is 9.46. The number of amides is 1. The van der Waals surface area contributed by atoms with Gasteiger partial charge in [0, 0.05) is 5.69 Å². The van der Waals surface area contributed by atoms with Crippen LogP contribution in [0.3, 0.4) is 0 Å². The fourth-order valence-corrected chi connectivity index (χ4v) is 7.93. The van der Waals surface area contributed by atoms with E-state index in [2.05, 4.69) is 33.1 Å². The van der Waals surface area contributed by atoms with E-state index in [-0.39, 0.29) is 34.5 Å². The highest BCUT2D eigenvalue weighted by Crippen LogP contribution is 2.63. The Balaban J connectivity index is 1.57. The Kier molecular flexibility index (Phi) is 7.57. The first kappa shape index (κ1) is 29.0. The highest BCUT2D eigenvalue weighted by molar-refractivity contribution is 6.06. The molecular weight excluding hydrogens is 474 g/mol. The van der Waals surface area contributed by atoms with Gasteiger partial charge in [-0.1, -0.05) is 50.3 Å². The predicted octanol–water partition coefficient (Wildman–Crippen LogP) is 6.13. The molecular formula is C33H49NO4. The second-order valence-corrected chi connectivity index (χ2v) is 13.9. The molecule has 0 saturated heterocycles. The Morgan fingerprint density at radius 2 is 1.82 bits per heavy atom. The van der Waals surface area contributed by atoms with E-state index in [9.17, 15) is 20.1 Å². The first-order chi connectivity index (χ1) is 17.6. The summed E-state index contributed by atoms with van der Waals surface area (Å²) in [6.07, 6.45) is 5.87. The van der Waals surface area contributed by atoms with Crippen molar-refractivity contribution in [3.05, 3.63) is 54.6 Å². The summed E-state index contributed by atoms with van der Waals surface area (Å²) < 4.78 is 0. The first-order valence-electron chi connectivity index (χ1n) is 14.4. The zero-order valence-electron chi connectivity index (χ0n) is 24.3. The van der Waals surface area contributed by atoms with Crippen molar-refractivity contribution < 1.29 is 20.1 Å². The van der Waals surface area contributed by atoms with E-state index in [1.165, 1.54) is 5.57 Å². The highest BCUT2D eigenvalue weighted by atomic mass is 16.3. The number of benzene rings is 1.